The monoisotopic (exact) mass is 384 g/mol. The predicted molar refractivity (Wildman–Crippen MR) is 99.8 cm³/mol. The molecular formula is C19H29FN2O3S. The first-order chi connectivity index (χ1) is 12.4. The minimum Gasteiger partial charge on any atom is -0.381 e. The van der Waals surface area contributed by atoms with E-state index in [4.69, 9.17) is 4.74 Å². The Kier molecular flexibility index (Phi) is 6.33. The van der Waals surface area contributed by atoms with Gasteiger partial charge in [-0.25, -0.2) is 12.8 Å². The lowest BCUT2D eigenvalue weighted by Gasteiger charge is -2.49. The molecule has 0 N–H and O–H groups in total. The highest BCUT2D eigenvalue weighted by Gasteiger charge is 2.41. The van der Waals surface area contributed by atoms with E-state index in [0.717, 1.165) is 32.6 Å². The molecule has 0 radical (unpaired) electrons. The molecule has 0 spiro atoms. The van der Waals surface area contributed by atoms with Gasteiger partial charge in [0.25, 0.3) is 0 Å². The zero-order valence-corrected chi connectivity index (χ0v) is 16.4. The van der Waals surface area contributed by atoms with Crippen molar-refractivity contribution in [3.8, 4) is 0 Å². The minimum atomic E-state index is -3.48. The lowest BCUT2D eigenvalue weighted by atomic mass is 9.99. The average Bonchev–Trinajstić information content (AvgIpc) is 2.55. The van der Waals surface area contributed by atoms with E-state index in [9.17, 15) is 12.8 Å². The van der Waals surface area contributed by atoms with Crippen LogP contribution in [0.25, 0.3) is 0 Å². The second-order valence-corrected chi connectivity index (χ2v) is 9.72. The van der Waals surface area contributed by atoms with Gasteiger partial charge in [0.15, 0.2) is 0 Å². The molecule has 7 heteroatoms. The van der Waals surface area contributed by atoms with Gasteiger partial charge in [-0.3, -0.25) is 4.90 Å². The fraction of sp³-hybridized carbons (Fsp3) is 0.684. The normalized spacial score (nSPS) is 20.7. The van der Waals surface area contributed by atoms with Crippen molar-refractivity contribution in [1.82, 2.24) is 9.21 Å². The molecule has 0 saturated carbocycles. The van der Waals surface area contributed by atoms with Crippen LogP contribution >= 0.6 is 0 Å². The van der Waals surface area contributed by atoms with Crippen LogP contribution in [0.2, 0.25) is 0 Å². The summed E-state index contributed by atoms with van der Waals surface area (Å²) in [6.07, 6.45) is 2.01. The lowest BCUT2D eigenvalue weighted by Crippen LogP contribution is -2.64. The van der Waals surface area contributed by atoms with Crippen LogP contribution in [0.15, 0.2) is 24.3 Å². The van der Waals surface area contributed by atoms with E-state index in [0.29, 0.717) is 25.0 Å². The molecule has 2 aliphatic rings. The highest BCUT2D eigenvalue weighted by atomic mass is 32.2. The van der Waals surface area contributed by atoms with Gasteiger partial charge in [0, 0.05) is 50.5 Å². The molecule has 1 aromatic carbocycles. The summed E-state index contributed by atoms with van der Waals surface area (Å²) in [7, 11) is -3.48. The summed E-state index contributed by atoms with van der Waals surface area (Å²) in [4.78, 5) is 2.47. The molecule has 2 heterocycles. The highest BCUT2D eigenvalue weighted by molar-refractivity contribution is 7.88. The molecule has 3 rings (SSSR count). The van der Waals surface area contributed by atoms with Crippen molar-refractivity contribution in [2.75, 3.05) is 32.8 Å². The Bertz CT molecular complexity index is 698. The topological polar surface area (TPSA) is 49.9 Å². The molecule has 26 heavy (non-hydrogen) atoms. The van der Waals surface area contributed by atoms with E-state index in [1.807, 2.05) is 0 Å². The van der Waals surface area contributed by atoms with Crippen molar-refractivity contribution >= 4 is 10.0 Å². The Morgan fingerprint density at radius 1 is 1.19 bits per heavy atom. The first-order valence-electron chi connectivity index (χ1n) is 9.41. The zero-order chi connectivity index (χ0) is 18.7. The SMILES string of the molecule is CC(C)CN(C1CCOCC1)C1CN(S(=O)(=O)Cc2ccccc2F)C1. The van der Waals surface area contributed by atoms with E-state index in [-0.39, 0.29) is 17.4 Å². The summed E-state index contributed by atoms with van der Waals surface area (Å²) >= 11 is 0. The van der Waals surface area contributed by atoms with Crippen LogP contribution in [0, 0.1) is 11.7 Å². The van der Waals surface area contributed by atoms with E-state index in [1.54, 1.807) is 12.1 Å². The molecular weight excluding hydrogens is 355 g/mol. The number of hydrogen-bond donors (Lipinski definition) is 0. The molecule has 2 saturated heterocycles. The van der Waals surface area contributed by atoms with Gasteiger partial charge in [-0.15, -0.1) is 0 Å². The molecule has 0 amide bonds. The molecule has 1 aromatic rings. The van der Waals surface area contributed by atoms with Crippen LogP contribution in [0.4, 0.5) is 4.39 Å². The van der Waals surface area contributed by atoms with Gasteiger partial charge < -0.3 is 4.74 Å². The van der Waals surface area contributed by atoms with Gasteiger partial charge in [0.2, 0.25) is 10.0 Å². The molecule has 146 valence electrons. The van der Waals surface area contributed by atoms with Crippen LogP contribution in [0.3, 0.4) is 0 Å². The minimum absolute atomic E-state index is 0.236. The van der Waals surface area contributed by atoms with Crippen LogP contribution in [0.5, 0.6) is 0 Å². The number of rotatable bonds is 7. The first-order valence-corrected chi connectivity index (χ1v) is 11.0. The van der Waals surface area contributed by atoms with Gasteiger partial charge in [-0.05, 0) is 24.8 Å². The van der Waals surface area contributed by atoms with Gasteiger partial charge in [-0.2, -0.15) is 4.31 Å². The fourth-order valence-corrected chi connectivity index (χ4v) is 5.40. The molecule has 2 aliphatic heterocycles. The molecule has 0 unspecified atom stereocenters. The fourth-order valence-electron chi connectivity index (χ4n) is 3.79. The van der Waals surface area contributed by atoms with Crippen molar-refractivity contribution in [1.29, 1.82) is 0 Å². The molecule has 0 aromatic heterocycles. The Labute approximate surface area is 156 Å². The number of halogens is 1. The second-order valence-electron chi connectivity index (χ2n) is 7.75. The van der Waals surface area contributed by atoms with Crippen LogP contribution < -0.4 is 0 Å². The second kappa shape index (κ2) is 8.33. The predicted octanol–water partition coefficient (Wildman–Crippen LogP) is 2.48. The van der Waals surface area contributed by atoms with E-state index in [2.05, 4.69) is 18.7 Å². The first kappa shape index (κ1) is 19.7. The smallest absolute Gasteiger partial charge is 0.218 e. The van der Waals surface area contributed by atoms with E-state index >= 15 is 0 Å². The van der Waals surface area contributed by atoms with Gasteiger partial charge in [0.05, 0.1) is 5.75 Å². The maximum atomic E-state index is 13.8. The maximum absolute atomic E-state index is 13.8. The highest BCUT2D eigenvalue weighted by Crippen LogP contribution is 2.27. The summed E-state index contributed by atoms with van der Waals surface area (Å²) in [6.45, 7) is 7.91. The van der Waals surface area contributed by atoms with Gasteiger partial charge in [0.1, 0.15) is 5.82 Å². The number of hydrogen-bond acceptors (Lipinski definition) is 4. The third kappa shape index (κ3) is 4.63. The van der Waals surface area contributed by atoms with Crippen LogP contribution in [-0.4, -0.2) is 62.6 Å². The number of ether oxygens (including phenoxy) is 1. The third-order valence-corrected chi connectivity index (χ3v) is 6.98. The Hall–Kier alpha value is -1.02. The summed E-state index contributed by atoms with van der Waals surface area (Å²) in [5.41, 5.74) is 0.236. The number of sulfonamides is 1. The van der Waals surface area contributed by atoms with Crippen LogP contribution in [-0.2, 0) is 20.5 Å². The Morgan fingerprint density at radius 2 is 1.85 bits per heavy atom. The number of nitrogens with zero attached hydrogens (tertiary/aromatic N) is 2. The molecule has 0 bridgehead atoms. The van der Waals surface area contributed by atoms with Gasteiger partial charge in [-0.1, -0.05) is 32.0 Å². The third-order valence-electron chi connectivity index (χ3n) is 5.22. The van der Waals surface area contributed by atoms with Crippen LogP contribution in [0.1, 0.15) is 32.3 Å². The quantitative estimate of drug-likeness (QED) is 0.725. The molecule has 2 fully saturated rings. The summed E-state index contributed by atoms with van der Waals surface area (Å²) < 4.78 is 46.0. The van der Waals surface area contributed by atoms with Crippen molar-refractivity contribution < 1.29 is 17.5 Å². The van der Waals surface area contributed by atoms with Crippen molar-refractivity contribution in [3.63, 3.8) is 0 Å². The van der Waals surface area contributed by atoms with E-state index in [1.165, 1.54) is 16.4 Å². The van der Waals surface area contributed by atoms with Crippen molar-refractivity contribution in [3.05, 3.63) is 35.6 Å². The largest absolute Gasteiger partial charge is 0.381 e. The standard InChI is InChI=1S/C19H29FN2O3S/c1-15(2)11-22(17-7-9-25-10-8-17)18-12-21(13-18)26(23,24)14-16-5-3-4-6-19(16)20/h3-6,15,17-18H,7-14H2,1-2H3. The molecule has 0 aliphatic carbocycles. The molecule has 0 atom stereocenters. The summed E-state index contributed by atoms with van der Waals surface area (Å²) in [5, 5.41) is 0. The van der Waals surface area contributed by atoms with Gasteiger partial charge >= 0.3 is 0 Å². The lowest BCUT2D eigenvalue weighted by molar-refractivity contribution is -0.0158. The van der Waals surface area contributed by atoms with Crippen molar-refractivity contribution in [2.45, 2.75) is 44.5 Å². The average molecular weight is 385 g/mol. The Morgan fingerprint density at radius 3 is 2.46 bits per heavy atom. The molecule has 5 nitrogen and oxygen atoms in total. The Balaban J connectivity index is 1.62. The van der Waals surface area contributed by atoms with Crippen molar-refractivity contribution in [2.24, 2.45) is 5.92 Å². The maximum Gasteiger partial charge on any atom is 0.218 e. The summed E-state index contributed by atoms with van der Waals surface area (Å²) in [5.74, 6) is -0.202. The number of benzene rings is 1. The van der Waals surface area contributed by atoms with E-state index < -0.39 is 15.8 Å². The zero-order valence-electron chi connectivity index (χ0n) is 15.6. The summed E-state index contributed by atoms with van der Waals surface area (Å²) in [6, 6.07) is 6.80.